The van der Waals surface area contributed by atoms with Gasteiger partial charge in [0.15, 0.2) is 0 Å². The summed E-state index contributed by atoms with van der Waals surface area (Å²) in [4.78, 5) is 48.8. The molecular weight excluding hydrogens is 625 g/mol. The summed E-state index contributed by atoms with van der Waals surface area (Å²) in [6.45, 7) is 6.97. The summed E-state index contributed by atoms with van der Waals surface area (Å²) in [6.07, 6.45) is 1.59. The Morgan fingerprint density at radius 1 is 0.761 bits per heavy atom. The Hall–Kier alpha value is -4.68. The molecule has 4 aromatic rings. The fourth-order valence-corrected chi connectivity index (χ4v) is 9.16. The fourth-order valence-electron chi connectivity index (χ4n) is 6.31. The van der Waals surface area contributed by atoms with Crippen molar-refractivity contribution in [2.75, 3.05) is 24.9 Å². The summed E-state index contributed by atoms with van der Waals surface area (Å²) >= 11 is 2.79. The number of methoxy groups -OCH3 is 2. The largest absolute Gasteiger partial charge is 0.497 e. The summed E-state index contributed by atoms with van der Waals surface area (Å²) in [7, 11) is 3.28. The number of nitrogens with one attached hydrogen (secondary N) is 2. The van der Waals surface area contributed by atoms with E-state index in [0.717, 1.165) is 61.9 Å². The highest BCUT2D eigenvalue weighted by Gasteiger charge is 2.34. The smallest absolute Gasteiger partial charge is 0.252 e. The third kappa shape index (κ3) is 5.97. The first-order valence-corrected chi connectivity index (χ1v) is 16.3. The van der Waals surface area contributed by atoms with E-state index in [1.807, 2.05) is 30.3 Å². The number of thiophene rings is 2. The number of anilines is 2. The molecule has 2 heterocycles. The van der Waals surface area contributed by atoms with E-state index in [-0.39, 0.29) is 23.7 Å². The molecule has 4 amide bonds. The Labute approximate surface area is 275 Å². The Morgan fingerprint density at radius 3 is 1.80 bits per heavy atom. The number of ether oxygens (including phenoxy) is 2. The standard InChI is InChI=1S/2C17H18N2O3S/c1-8-6-10-4-5-11(22-3)7-12(10)15-13(8)14(16(18)21)17(23-15)19-9(2)20;1-8-7-11-10(5-4-6-12(11)22-3)15-13(8)14(16(18)21)17(23-15)19-9(2)20/h4-5,7-8H,6H2,1-3H3,(H2,18,21)(H,19,20);4-6,8H,7H2,1-3H3,(H2,18,21)(H,19,20). The van der Waals surface area contributed by atoms with Crippen LogP contribution in [0.4, 0.5) is 10.0 Å². The van der Waals surface area contributed by atoms with Crippen molar-refractivity contribution in [3.63, 3.8) is 0 Å². The zero-order valence-corrected chi connectivity index (χ0v) is 28.1. The minimum Gasteiger partial charge on any atom is -0.497 e. The molecular formula is C34H36N4O6S2. The van der Waals surface area contributed by atoms with Crippen LogP contribution in [0.3, 0.4) is 0 Å². The van der Waals surface area contributed by atoms with E-state index < -0.39 is 11.8 Å². The van der Waals surface area contributed by atoms with Gasteiger partial charge in [0.2, 0.25) is 11.8 Å². The molecule has 2 unspecified atom stereocenters. The van der Waals surface area contributed by atoms with Crippen LogP contribution in [-0.2, 0) is 22.4 Å². The second kappa shape index (κ2) is 13.0. The number of fused-ring (bicyclic) bond motifs is 6. The molecule has 240 valence electrons. The first-order valence-electron chi connectivity index (χ1n) is 14.7. The van der Waals surface area contributed by atoms with Crippen LogP contribution in [0.2, 0.25) is 0 Å². The molecule has 2 atom stereocenters. The van der Waals surface area contributed by atoms with E-state index in [1.54, 1.807) is 14.2 Å². The molecule has 0 saturated heterocycles. The van der Waals surface area contributed by atoms with Gasteiger partial charge in [-0.3, -0.25) is 19.2 Å². The highest BCUT2D eigenvalue weighted by atomic mass is 32.1. The van der Waals surface area contributed by atoms with Gasteiger partial charge in [0.05, 0.1) is 25.3 Å². The first kappa shape index (κ1) is 32.7. The van der Waals surface area contributed by atoms with Crippen molar-refractivity contribution < 1.29 is 28.7 Å². The molecule has 2 aromatic heterocycles. The van der Waals surface area contributed by atoms with Crippen LogP contribution in [0.15, 0.2) is 36.4 Å². The summed E-state index contributed by atoms with van der Waals surface area (Å²) in [5, 5.41) is 6.53. The Morgan fingerprint density at radius 2 is 1.30 bits per heavy atom. The van der Waals surface area contributed by atoms with Crippen molar-refractivity contribution in [1.29, 1.82) is 0 Å². The van der Waals surface area contributed by atoms with E-state index in [9.17, 15) is 19.2 Å². The van der Waals surface area contributed by atoms with Gasteiger partial charge in [-0.1, -0.05) is 32.0 Å². The van der Waals surface area contributed by atoms with E-state index in [1.165, 1.54) is 42.1 Å². The molecule has 46 heavy (non-hydrogen) atoms. The number of benzene rings is 2. The highest BCUT2D eigenvalue weighted by Crippen LogP contribution is 2.52. The van der Waals surface area contributed by atoms with Gasteiger partial charge in [0.25, 0.3) is 11.8 Å². The van der Waals surface area contributed by atoms with Crippen LogP contribution < -0.4 is 31.6 Å². The number of amides is 4. The van der Waals surface area contributed by atoms with Crippen LogP contribution in [0, 0.1) is 0 Å². The van der Waals surface area contributed by atoms with Crippen LogP contribution >= 0.6 is 22.7 Å². The summed E-state index contributed by atoms with van der Waals surface area (Å²) in [5.74, 6) is 0.430. The quantitative estimate of drug-likeness (QED) is 0.190. The number of nitrogens with two attached hydrogens (primary N) is 2. The third-order valence-corrected chi connectivity index (χ3v) is 10.5. The van der Waals surface area contributed by atoms with Gasteiger partial charge in [-0.05, 0) is 70.7 Å². The topological polar surface area (TPSA) is 163 Å². The second-order valence-electron chi connectivity index (χ2n) is 11.4. The average molecular weight is 661 g/mol. The highest BCUT2D eigenvalue weighted by molar-refractivity contribution is 7.20. The molecule has 12 heteroatoms. The molecule has 0 spiro atoms. The molecule has 0 saturated carbocycles. The minimum absolute atomic E-state index is 0.120. The Bertz CT molecular complexity index is 1820. The van der Waals surface area contributed by atoms with Gasteiger partial charge >= 0.3 is 0 Å². The van der Waals surface area contributed by atoms with Gasteiger partial charge in [0, 0.05) is 29.2 Å². The van der Waals surface area contributed by atoms with Crippen molar-refractivity contribution >= 4 is 56.3 Å². The van der Waals surface area contributed by atoms with Crippen molar-refractivity contribution in [3.8, 4) is 32.4 Å². The average Bonchev–Trinajstić information content (AvgIpc) is 3.56. The van der Waals surface area contributed by atoms with Gasteiger partial charge in [0.1, 0.15) is 21.5 Å². The third-order valence-electron chi connectivity index (χ3n) is 8.14. The minimum atomic E-state index is -0.510. The summed E-state index contributed by atoms with van der Waals surface area (Å²) < 4.78 is 10.8. The van der Waals surface area contributed by atoms with Gasteiger partial charge < -0.3 is 31.6 Å². The lowest BCUT2D eigenvalue weighted by Gasteiger charge is -2.24. The molecule has 0 radical (unpaired) electrons. The number of hydrogen-bond donors (Lipinski definition) is 4. The maximum absolute atomic E-state index is 12.0. The fraction of sp³-hybridized carbons (Fsp3) is 0.294. The van der Waals surface area contributed by atoms with Crippen molar-refractivity contribution in [2.24, 2.45) is 11.5 Å². The normalized spacial score (nSPS) is 15.5. The van der Waals surface area contributed by atoms with Crippen molar-refractivity contribution in [3.05, 3.63) is 69.8 Å². The molecule has 2 aliphatic rings. The van der Waals surface area contributed by atoms with Crippen LogP contribution in [-0.4, -0.2) is 37.8 Å². The molecule has 6 rings (SSSR count). The summed E-state index contributed by atoms with van der Waals surface area (Å²) in [6, 6.07) is 11.8. The van der Waals surface area contributed by atoms with E-state index >= 15 is 0 Å². The van der Waals surface area contributed by atoms with Gasteiger partial charge in [-0.2, -0.15) is 0 Å². The van der Waals surface area contributed by atoms with E-state index in [2.05, 4.69) is 30.5 Å². The molecule has 0 fully saturated rings. The SMILES string of the molecule is COc1ccc2c(c1)-c1sc(NC(C)=O)c(C(N)=O)c1C(C)C2.COc1cccc2c1CC(C)c1c-2sc(NC(C)=O)c1C(N)=O. The lowest BCUT2D eigenvalue weighted by atomic mass is 9.81. The van der Waals surface area contributed by atoms with Crippen molar-refractivity contribution in [1.82, 2.24) is 0 Å². The van der Waals surface area contributed by atoms with Crippen LogP contribution in [0.25, 0.3) is 20.9 Å². The van der Waals surface area contributed by atoms with Crippen LogP contribution in [0.1, 0.15) is 82.5 Å². The zero-order chi connectivity index (χ0) is 33.4. The number of carbonyl (C=O) groups is 4. The number of rotatable bonds is 6. The Balaban J connectivity index is 0.000000181. The Kier molecular flexibility index (Phi) is 9.22. The van der Waals surface area contributed by atoms with Crippen molar-refractivity contribution in [2.45, 2.75) is 52.4 Å². The number of hydrogen-bond acceptors (Lipinski definition) is 8. The lowest BCUT2D eigenvalue weighted by molar-refractivity contribution is -0.115. The second-order valence-corrected chi connectivity index (χ2v) is 13.4. The lowest BCUT2D eigenvalue weighted by Crippen LogP contribution is -2.19. The molecule has 10 nitrogen and oxygen atoms in total. The van der Waals surface area contributed by atoms with E-state index in [0.29, 0.717) is 21.1 Å². The maximum atomic E-state index is 12.0. The number of carbonyl (C=O) groups excluding carboxylic acids is 4. The summed E-state index contributed by atoms with van der Waals surface area (Å²) in [5.41, 5.74) is 18.3. The molecule has 0 bridgehead atoms. The molecule has 0 aliphatic heterocycles. The van der Waals surface area contributed by atoms with Gasteiger partial charge in [-0.25, -0.2) is 0 Å². The van der Waals surface area contributed by atoms with Gasteiger partial charge in [-0.15, -0.1) is 22.7 Å². The molecule has 2 aliphatic carbocycles. The first-order chi connectivity index (χ1) is 21.9. The molecule has 2 aromatic carbocycles. The van der Waals surface area contributed by atoms with Crippen LogP contribution in [0.5, 0.6) is 11.5 Å². The van der Waals surface area contributed by atoms with E-state index in [4.69, 9.17) is 20.9 Å². The molecule has 6 N–H and O–H groups in total. The maximum Gasteiger partial charge on any atom is 0.252 e. The zero-order valence-electron chi connectivity index (χ0n) is 26.5. The number of primary amides is 2. The monoisotopic (exact) mass is 660 g/mol. The predicted molar refractivity (Wildman–Crippen MR) is 182 cm³/mol. The predicted octanol–water partition coefficient (Wildman–Crippen LogP) is 6.28.